The average molecular weight is 203 g/mol. The van der Waals surface area contributed by atoms with E-state index < -0.39 is 0 Å². The number of allylic oxidation sites excluding steroid dienone is 1. The van der Waals surface area contributed by atoms with Crippen molar-refractivity contribution in [3.05, 3.63) is 47.7 Å². The molecule has 0 spiro atoms. The molecule has 2 heterocycles. The van der Waals surface area contributed by atoms with E-state index in [-0.39, 0.29) is 6.04 Å². The van der Waals surface area contributed by atoms with E-state index in [1.54, 1.807) is 18.5 Å². The van der Waals surface area contributed by atoms with Gasteiger partial charge in [0.1, 0.15) is 0 Å². The van der Waals surface area contributed by atoms with Crippen molar-refractivity contribution < 1.29 is 4.42 Å². The van der Waals surface area contributed by atoms with Crippen LogP contribution in [0.1, 0.15) is 12.5 Å². The molecule has 1 aliphatic heterocycles. The molecule has 0 aliphatic carbocycles. The van der Waals surface area contributed by atoms with Gasteiger partial charge in [-0.15, -0.1) is 0 Å². The van der Waals surface area contributed by atoms with Gasteiger partial charge < -0.3 is 15.5 Å². The smallest absolute Gasteiger partial charge is 0.0996 e. The molecule has 0 radical (unpaired) electrons. The maximum absolute atomic E-state index is 7.95. The molecule has 15 heavy (non-hydrogen) atoms. The molecule has 78 valence electrons. The molecule has 4 N–H and O–H groups in total. The molecule has 4 heteroatoms. The van der Waals surface area contributed by atoms with Crippen LogP contribution in [-0.4, -0.2) is 11.8 Å². The lowest BCUT2D eigenvalue weighted by atomic mass is 10.00. The van der Waals surface area contributed by atoms with Crippen LogP contribution in [-0.2, 0) is 0 Å². The minimum Gasteiger partial charge on any atom is -0.472 e. The first kappa shape index (κ1) is 9.58. The summed E-state index contributed by atoms with van der Waals surface area (Å²) in [7, 11) is 0. The quantitative estimate of drug-likeness (QED) is 0.635. The van der Waals surface area contributed by atoms with Gasteiger partial charge in [-0.3, -0.25) is 5.41 Å². The third kappa shape index (κ3) is 1.79. The van der Waals surface area contributed by atoms with E-state index in [0.717, 1.165) is 5.56 Å². The van der Waals surface area contributed by atoms with Gasteiger partial charge in [0.15, 0.2) is 0 Å². The van der Waals surface area contributed by atoms with E-state index in [0.29, 0.717) is 17.0 Å². The van der Waals surface area contributed by atoms with Crippen molar-refractivity contribution in [3.63, 3.8) is 0 Å². The molecule has 0 bridgehead atoms. The predicted molar refractivity (Wildman–Crippen MR) is 58.5 cm³/mol. The first-order valence-electron chi connectivity index (χ1n) is 4.74. The van der Waals surface area contributed by atoms with Crippen molar-refractivity contribution in [1.82, 2.24) is 5.32 Å². The molecule has 1 aromatic heterocycles. The van der Waals surface area contributed by atoms with E-state index in [1.165, 1.54) is 6.26 Å². The second-order valence-corrected chi connectivity index (χ2v) is 3.52. The van der Waals surface area contributed by atoms with Crippen LogP contribution in [0.4, 0.5) is 0 Å². The standard InChI is InChI=1S/C11H13N3O/c1-7-4-10(12)9(5-14-7)11(13)8-2-3-15-6-8/h2-7,13-14H,12H2,1H3. The zero-order chi connectivity index (χ0) is 10.8. The monoisotopic (exact) mass is 203 g/mol. The normalized spacial score (nSPS) is 20.2. The molecular weight excluding hydrogens is 190 g/mol. The lowest BCUT2D eigenvalue weighted by Gasteiger charge is -2.18. The van der Waals surface area contributed by atoms with Crippen LogP contribution in [0, 0.1) is 5.41 Å². The summed E-state index contributed by atoms with van der Waals surface area (Å²) in [4.78, 5) is 0. The van der Waals surface area contributed by atoms with E-state index >= 15 is 0 Å². The van der Waals surface area contributed by atoms with Crippen molar-refractivity contribution in [3.8, 4) is 0 Å². The Morgan fingerprint density at radius 3 is 3.00 bits per heavy atom. The Balaban J connectivity index is 2.26. The molecule has 1 unspecified atom stereocenters. The molecule has 0 fully saturated rings. The van der Waals surface area contributed by atoms with Crippen LogP contribution in [0.15, 0.2) is 46.6 Å². The second kappa shape index (κ2) is 3.65. The minimum absolute atomic E-state index is 0.214. The molecule has 2 rings (SSSR count). The van der Waals surface area contributed by atoms with Crippen LogP contribution in [0.2, 0.25) is 0 Å². The van der Waals surface area contributed by atoms with E-state index in [2.05, 4.69) is 5.32 Å². The Morgan fingerprint density at radius 1 is 1.60 bits per heavy atom. The van der Waals surface area contributed by atoms with Crippen LogP contribution in [0.3, 0.4) is 0 Å². The lowest BCUT2D eigenvalue weighted by molar-refractivity contribution is 0.567. The van der Waals surface area contributed by atoms with Crippen LogP contribution in [0.25, 0.3) is 0 Å². The molecule has 0 saturated heterocycles. The van der Waals surface area contributed by atoms with Crippen molar-refractivity contribution >= 4 is 5.71 Å². The van der Waals surface area contributed by atoms with Crippen molar-refractivity contribution in [1.29, 1.82) is 5.41 Å². The van der Waals surface area contributed by atoms with Gasteiger partial charge >= 0.3 is 0 Å². The summed E-state index contributed by atoms with van der Waals surface area (Å²) in [5, 5.41) is 11.1. The highest BCUT2D eigenvalue weighted by molar-refractivity contribution is 6.13. The topological polar surface area (TPSA) is 75.0 Å². The number of hydrogen-bond donors (Lipinski definition) is 3. The highest BCUT2D eigenvalue weighted by Crippen LogP contribution is 2.16. The summed E-state index contributed by atoms with van der Waals surface area (Å²) in [6.07, 6.45) is 6.75. The zero-order valence-corrected chi connectivity index (χ0v) is 8.45. The third-order valence-corrected chi connectivity index (χ3v) is 2.31. The minimum atomic E-state index is 0.214. The molecule has 1 aliphatic rings. The molecule has 4 nitrogen and oxygen atoms in total. The van der Waals surface area contributed by atoms with Crippen LogP contribution >= 0.6 is 0 Å². The first-order valence-corrected chi connectivity index (χ1v) is 4.74. The largest absolute Gasteiger partial charge is 0.472 e. The summed E-state index contributed by atoms with van der Waals surface area (Å²) in [5.74, 6) is 0. The van der Waals surface area contributed by atoms with Gasteiger partial charge in [-0.2, -0.15) is 0 Å². The maximum atomic E-state index is 7.95. The number of dihydropyridines is 1. The fourth-order valence-electron chi connectivity index (χ4n) is 1.48. The number of rotatable bonds is 2. The molecule has 0 amide bonds. The van der Waals surface area contributed by atoms with Crippen molar-refractivity contribution in [2.75, 3.05) is 0 Å². The van der Waals surface area contributed by atoms with Crippen LogP contribution < -0.4 is 11.1 Å². The highest BCUT2D eigenvalue weighted by Gasteiger charge is 2.15. The maximum Gasteiger partial charge on any atom is 0.0996 e. The predicted octanol–water partition coefficient (Wildman–Crippen LogP) is 1.37. The summed E-state index contributed by atoms with van der Waals surface area (Å²) in [5.41, 5.74) is 8.30. The van der Waals surface area contributed by atoms with Gasteiger partial charge in [-0.05, 0) is 19.1 Å². The highest BCUT2D eigenvalue weighted by atomic mass is 16.3. The Morgan fingerprint density at radius 2 is 2.40 bits per heavy atom. The van der Waals surface area contributed by atoms with Gasteiger partial charge in [-0.25, -0.2) is 0 Å². The molecule has 0 saturated carbocycles. The van der Waals surface area contributed by atoms with E-state index in [9.17, 15) is 0 Å². The SMILES string of the molecule is CC1C=C(N)C(C(=N)c2ccoc2)=CN1. The molecule has 0 aromatic carbocycles. The van der Waals surface area contributed by atoms with E-state index in [1.807, 2.05) is 13.0 Å². The Hall–Kier alpha value is -1.97. The Labute approximate surface area is 88.0 Å². The summed E-state index contributed by atoms with van der Waals surface area (Å²) < 4.78 is 4.93. The summed E-state index contributed by atoms with van der Waals surface area (Å²) in [6, 6.07) is 1.96. The van der Waals surface area contributed by atoms with Gasteiger partial charge in [0.05, 0.1) is 18.2 Å². The zero-order valence-electron chi connectivity index (χ0n) is 8.45. The van der Waals surface area contributed by atoms with E-state index in [4.69, 9.17) is 15.6 Å². The molecule has 1 aromatic rings. The second-order valence-electron chi connectivity index (χ2n) is 3.52. The van der Waals surface area contributed by atoms with Gasteiger partial charge in [0, 0.05) is 29.1 Å². The fourth-order valence-corrected chi connectivity index (χ4v) is 1.48. The molecule has 1 atom stereocenters. The number of nitrogens with two attached hydrogens (primary N) is 1. The molecular formula is C11H13N3O. The fraction of sp³-hybridized carbons (Fsp3) is 0.182. The van der Waals surface area contributed by atoms with Crippen LogP contribution in [0.5, 0.6) is 0 Å². The lowest BCUT2D eigenvalue weighted by Crippen LogP contribution is -2.27. The number of nitrogens with one attached hydrogen (secondary N) is 2. The Kier molecular flexibility index (Phi) is 2.33. The number of hydrogen-bond acceptors (Lipinski definition) is 4. The van der Waals surface area contributed by atoms with Gasteiger partial charge in [0.25, 0.3) is 0 Å². The van der Waals surface area contributed by atoms with Crippen molar-refractivity contribution in [2.24, 2.45) is 5.73 Å². The van der Waals surface area contributed by atoms with Gasteiger partial charge in [0.2, 0.25) is 0 Å². The Bertz CT molecular complexity index is 429. The first-order chi connectivity index (χ1) is 7.18. The number of furan rings is 1. The van der Waals surface area contributed by atoms with Crippen molar-refractivity contribution in [2.45, 2.75) is 13.0 Å². The third-order valence-electron chi connectivity index (χ3n) is 2.31. The summed E-state index contributed by atoms with van der Waals surface area (Å²) in [6.45, 7) is 2.00. The average Bonchev–Trinajstić information content (AvgIpc) is 2.69. The van der Waals surface area contributed by atoms with Gasteiger partial charge in [-0.1, -0.05) is 0 Å². The summed E-state index contributed by atoms with van der Waals surface area (Å²) >= 11 is 0.